The van der Waals surface area contributed by atoms with E-state index in [9.17, 15) is 22.8 Å². The average molecular weight is 388 g/mol. The molecule has 2 heterocycles. The largest absolute Gasteiger partial charge is 0.416 e. The highest BCUT2D eigenvalue weighted by molar-refractivity contribution is 6.05. The predicted octanol–water partition coefficient (Wildman–Crippen LogP) is 5.26. The van der Waals surface area contributed by atoms with Crippen LogP contribution < -0.4 is 4.90 Å². The quantitative estimate of drug-likeness (QED) is 0.660. The summed E-state index contributed by atoms with van der Waals surface area (Å²) in [5, 5.41) is 0. The van der Waals surface area contributed by atoms with Crippen LogP contribution in [0.25, 0.3) is 0 Å². The summed E-state index contributed by atoms with van der Waals surface area (Å²) in [5.41, 5.74) is 0.893. The molecular formula is C21H19F3N2O2. The Morgan fingerprint density at radius 1 is 1.11 bits per heavy atom. The number of rotatable bonds is 2. The molecule has 4 rings (SSSR count). The Kier molecular flexibility index (Phi) is 4.48. The predicted molar refractivity (Wildman–Crippen MR) is 97.5 cm³/mol. The van der Waals surface area contributed by atoms with Crippen LogP contribution in [0.1, 0.15) is 60.0 Å². The summed E-state index contributed by atoms with van der Waals surface area (Å²) in [7, 11) is 0. The van der Waals surface area contributed by atoms with E-state index in [1.54, 1.807) is 6.07 Å². The van der Waals surface area contributed by atoms with E-state index in [2.05, 4.69) is 4.98 Å². The van der Waals surface area contributed by atoms with Gasteiger partial charge in [-0.25, -0.2) is 4.98 Å². The molecule has 4 nitrogen and oxygen atoms in total. The Morgan fingerprint density at radius 3 is 2.36 bits per heavy atom. The third-order valence-electron chi connectivity index (χ3n) is 5.67. The van der Waals surface area contributed by atoms with E-state index in [0.29, 0.717) is 17.1 Å². The van der Waals surface area contributed by atoms with Crippen molar-refractivity contribution in [2.45, 2.75) is 44.7 Å². The van der Waals surface area contributed by atoms with E-state index in [1.165, 1.54) is 30.2 Å². The Labute approximate surface area is 160 Å². The number of carbonyl (C=O) groups is 2. The molecule has 2 unspecified atom stereocenters. The minimum atomic E-state index is -4.44. The Bertz CT molecular complexity index is 938. The van der Waals surface area contributed by atoms with Gasteiger partial charge < -0.3 is 0 Å². The Morgan fingerprint density at radius 2 is 1.75 bits per heavy atom. The van der Waals surface area contributed by atoms with Gasteiger partial charge in [0.1, 0.15) is 5.82 Å². The van der Waals surface area contributed by atoms with Gasteiger partial charge >= 0.3 is 6.18 Å². The van der Waals surface area contributed by atoms with Crippen molar-refractivity contribution in [2.24, 2.45) is 5.92 Å². The highest BCUT2D eigenvalue weighted by atomic mass is 19.4. The maximum absolute atomic E-state index is 13.2. The molecule has 1 aliphatic carbocycles. The molecule has 2 aliphatic rings. The summed E-state index contributed by atoms with van der Waals surface area (Å²) in [5.74, 6) is -0.0834. The van der Waals surface area contributed by atoms with Crippen molar-refractivity contribution in [1.82, 2.24) is 4.98 Å². The number of aromatic nitrogens is 1. The van der Waals surface area contributed by atoms with Crippen LogP contribution in [-0.2, 0) is 11.0 Å². The number of hydrogen-bond donors (Lipinski definition) is 0. The molecule has 0 N–H and O–H groups in total. The third-order valence-corrected chi connectivity index (χ3v) is 5.67. The standard InChI is InChI=1S/C21H19F3N2O2/c1-12(27)13-10-18-16-4-2-3-5-17(16)20(28)26(19(18)25-11-13)15-8-6-14(7-9-15)21(22,23)24/h6-11,16-17H,2-5H2,1H3. The lowest BCUT2D eigenvalue weighted by molar-refractivity contribution is -0.137. The lowest BCUT2D eigenvalue weighted by atomic mass is 9.72. The Hall–Kier alpha value is -2.70. The second kappa shape index (κ2) is 6.72. The zero-order chi connectivity index (χ0) is 20.1. The van der Waals surface area contributed by atoms with Crippen LogP contribution in [0.15, 0.2) is 36.5 Å². The van der Waals surface area contributed by atoms with E-state index in [4.69, 9.17) is 0 Å². The zero-order valence-corrected chi connectivity index (χ0v) is 15.3. The summed E-state index contributed by atoms with van der Waals surface area (Å²) in [6.07, 6.45) is 0.485. The molecule has 28 heavy (non-hydrogen) atoms. The number of Topliss-reactive ketones (excluding diaryl/α,β-unsaturated/α-hetero) is 1. The van der Waals surface area contributed by atoms with Gasteiger partial charge in [-0.3, -0.25) is 14.5 Å². The van der Waals surface area contributed by atoms with Gasteiger partial charge in [0.25, 0.3) is 0 Å². The molecule has 1 fully saturated rings. The second-order valence-electron chi connectivity index (χ2n) is 7.41. The van der Waals surface area contributed by atoms with Crippen molar-refractivity contribution in [2.75, 3.05) is 4.90 Å². The van der Waals surface area contributed by atoms with Crippen molar-refractivity contribution < 1.29 is 22.8 Å². The first-order valence-corrected chi connectivity index (χ1v) is 9.29. The number of carbonyl (C=O) groups excluding carboxylic acids is 2. The number of fused-ring (bicyclic) bond motifs is 3. The van der Waals surface area contributed by atoms with Crippen LogP contribution in [-0.4, -0.2) is 16.7 Å². The topological polar surface area (TPSA) is 50.3 Å². The normalized spacial score (nSPS) is 21.9. The van der Waals surface area contributed by atoms with Crippen molar-refractivity contribution in [1.29, 1.82) is 0 Å². The first kappa shape index (κ1) is 18.7. The summed E-state index contributed by atoms with van der Waals surface area (Å²) < 4.78 is 38.7. The highest BCUT2D eigenvalue weighted by Gasteiger charge is 2.43. The monoisotopic (exact) mass is 388 g/mol. The number of ketones is 1. The van der Waals surface area contributed by atoms with Gasteiger partial charge in [-0.1, -0.05) is 12.8 Å². The molecule has 1 amide bonds. The van der Waals surface area contributed by atoms with E-state index < -0.39 is 11.7 Å². The zero-order valence-electron chi connectivity index (χ0n) is 15.3. The van der Waals surface area contributed by atoms with Gasteiger partial charge in [-0.15, -0.1) is 0 Å². The molecule has 2 atom stereocenters. The number of hydrogen-bond acceptors (Lipinski definition) is 3. The lowest BCUT2D eigenvalue weighted by Gasteiger charge is -2.41. The summed E-state index contributed by atoms with van der Waals surface area (Å²) >= 11 is 0. The molecular weight excluding hydrogens is 369 g/mol. The molecule has 0 saturated heterocycles. The lowest BCUT2D eigenvalue weighted by Crippen LogP contribution is -2.42. The minimum absolute atomic E-state index is 0.00579. The summed E-state index contributed by atoms with van der Waals surface area (Å²) in [6, 6.07) is 6.33. The smallest absolute Gasteiger partial charge is 0.294 e. The van der Waals surface area contributed by atoms with Crippen LogP contribution in [0.3, 0.4) is 0 Å². The van der Waals surface area contributed by atoms with Crippen molar-refractivity contribution >= 4 is 23.2 Å². The minimum Gasteiger partial charge on any atom is -0.294 e. The van der Waals surface area contributed by atoms with E-state index in [1.807, 2.05) is 0 Å². The van der Waals surface area contributed by atoms with Crippen LogP contribution in [0, 0.1) is 5.92 Å². The molecule has 0 bridgehead atoms. The maximum atomic E-state index is 13.2. The van der Waals surface area contributed by atoms with Crippen molar-refractivity contribution in [3.8, 4) is 0 Å². The molecule has 0 spiro atoms. The highest BCUT2D eigenvalue weighted by Crippen LogP contribution is 2.48. The fourth-order valence-electron chi connectivity index (χ4n) is 4.24. The van der Waals surface area contributed by atoms with Gasteiger partial charge in [-0.05, 0) is 56.0 Å². The van der Waals surface area contributed by atoms with Crippen molar-refractivity contribution in [3.05, 3.63) is 53.2 Å². The van der Waals surface area contributed by atoms with E-state index >= 15 is 0 Å². The number of halogens is 3. The van der Waals surface area contributed by atoms with E-state index in [-0.39, 0.29) is 23.5 Å². The van der Waals surface area contributed by atoms with Crippen molar-refractivity contribution in [3.63, 3.8) is 0 Å². The molecule has 7 heteroatoms. The third kappa shape index (κ3) is 3.08. The second-order valence-corrected chi connectivity index (χ2v) is 7.41. The fraction of sp³-hybridized carbons (Fsp3) is 0.381. The molecule has 1 saturated carbocycles. The molecule has 1 aromatic heterocycles. The average Bonchev–Trinajstić information content (AvgIpc) is 2.67. The van der Waals surface area contributed by atoms with Gasteiger partial charge in [0, 0.05) is 23.2 Å². The molecule has 0 radical (unpaired) electrons. The van der Waals surface area contributed by atoms with E-state index in [0.717, 1.165) is 43.4 Å². The maximum Gasteiger partial charge on any atom is 0.416 e. The number of benzene rings is 1. The van der Waals surface area contributed by atoms with Crippen LogP contribution in [0.2, 0.25) is 0 Å². The van der Waals surface area contributed by atoms with Crippen LogP contribution >= 0.6 is 0 Å². The first-order valence-electron chi connectivity index (χ1n) is 9.29. The molecule has 1 aliphatic heterocycles. The molecule has 1 aromatic carbocycles. The number of amides is 1. The van der Waals surface area contributed by atoms with Crippen LogP contribution in [0.5, 0.6) is 0 Å². The summed E-state index contributed by atoms with van der Waals surface area (Å²) in [6.45, 7) is 1.46. The van der Waals surface area contributed by atoms with Gasteiger partial charge in [0.05, 0.1) is 11.3 Å². The summed E-state index contributed by atoms with van der Waals surface area (Å²) in [4.78, 5) is 30.8. The number of alkyl halides is 3. The number of nitrogens with zero attached hydrogens (tertiary/aromatic N) is 2. The molecule has 146 valence electrons. The van der Waals surface area contributed by atoms with Gasteiger partial charge in [0.2, 0.25) is 5.91 Å². The fourth-order valence-corrected chi connectivity index (χ4v) is 4.24. The van der Waals surface area contributed by atoms with Gasteiger partial charge in [0.15, 0.2) is 5.78 Å². The number of anilines is 2. The van der Waals surface area contributed by atoms with Gasteiger partial charge in [-0.2, -0.15) is 13.2 Å². The Balaban J connectivity index is 1.83. The van der Waals surface area contributed by atoms with Crippen LogP contribution in [0.4, 0.5) is 24.7 Å². The number of pyridine rings is 1. The SMILES string of the molecule is CC(=O)c1cnc2c(c1)C1CCCCC1C(=O)N2c1ccc(C(F)(F)F)cc1. The first-order chi connectivity index (χ1) is 13.3. The molecule has 2 aromatic rings.